The van der Waals surface area contributed by atoms with Crippen molar-refractivity contribution in [2.75, 3.05) is 26.7 Å². The minimum atomic E-state index is -0.863. The Morgan fingerprint density at radius 3 is 2.77 bits per heavy atom. The monoisotopic (exact) mass is 302 g/mol. The lowest BCUT2D eigenvalue weighted by molar-refractivity contribution is -0.139. The number of rotatable bonds is 3. The number of hydrogen-bond acceptors (Lipinski definition) is 6. The summed E-state index contributed by atoms with van der Waals surface area (Å²) in [7, 11) is 1.62. The van der Waals surface area contributed by atoms with Crippen LogP contribution in [0, 0.1) is 0 Å². The SMILES string of the molecule is COc1ccc(/N=C2\CNCC3=C2NCC(C(=O)O)N3)cc1. The third kappa shape index (κ3) is 2.89. The number of nitrogens with zero attached hydrogens (tertiary/aromatic N) is 1. The van der Waals surface area contributed by atoms with Crippen molar-refractivity contribution in [3.05, 3.63) is 35.7 Å². The van der Waals surface area contributed by atoms with Gasteiger partial charge in [-0.1, -0.05) is 0 Å². The zero-order valence-corrected chi connectivity index (χ0v) is 12.2. The molecule has 2 aliphatic rings. The Hall–Kier alpha value is -2.54. The quantitative estimate of drug-likeness (QED) is 0.638. The van der Waals surface area contributed by atoms with Crippen molar-refractivity contribution < 1.29 is 14.6 Å². The second-order valence-electron chi connectivity index (χ2n) is 5.13. The molecule has 0 bridgehead atoms. The molecule has 0 radical (unpaired) electrons. The van der Waals surface area contributed by atoms with Crippen LogP contribution in [0.25, 0.3) is 0 Å². The first-order chi connectivity index (χ1) is 10.7. The average Bonchev–Trinajstić information content (AvgIpc) is 2.55. The summed E-state index contributed by atoms with van der Waals surface area (Å²) in [6.07, 6.45) is 0. The van der Waals surface area contributed by atoms with Gasteiger partial charge < -0.3 is 25.8 Å². The fourth-order valence-electron chi connectivity index (χ4n) is 2.51. The lowest BCUT2D eigenvalue weighted by atomic mass is 10.1. The number of aliphatic carboxylic acids is 1. The Labute approximate surface area is 128 Å². The van der Waals surface area contributed by atoms with Gasteiger partial charge in [0.1, 0.15) is 11.8 Å². The lowest BCUT2D eigenvalue weighted by Gasteiger charge is -2.32. The van der Waals surface area contributed by atoms with Crippen LogP contribution in [-0.2, 0) is 4.79 Å². The van der Waals surface area contributed by atoms with Gasteiger partial charge in [-0.2, -0.15) is 0 Å². The van der Waals surface area contributed by atoms with E-state index in [1.54, 1.807) is 7.11 Å². The van der Waals surface area contributed by atoms with E-state index in [0.717, 1.165) is 28.5 Å². The number of hydrogen-bond donors (Lipinski definition) is 4. The zero-order valence-electron chi connectivity index (χ0n) is 12.2. The Bertz CT molecular complexity index is 637. The van der Waals surface area contributed by atoms with E-state index in [9.17, 15) is 4.79 Å². The topological polar surface area (TPSA) is 95.0 Å². The molecule has 0 amide bonds. The van der Waals surface area contributed by atoms with Gasteiger partial charge in [-0.3, -0.25) is 0 Å². The molecule has 1 aromatic carbocycles. The second kappa shape index (κ2) is 6.07. The van der Waals surface area contributed by atoms with Crippen molar-refractivity contribution in [3.63, 3.8) is 0 Å². The van der Waals surface area contributed by atoms with Crippen LogP contribution in [0.2, 0.25) is 0 Å². The molecule has 0 saturated heterocycles. The number of benzene rings is 1. The van der Waals surface area contributed by atoms with Gasteiger partial charge >= 0.3 is 5.97 Å². The molecule has 0 aromatic heterocycles. The summed E-state index contributed by atoms with van der Waals surface area (Å²) >= 11 is 0. The molecule has 1 atom stereocenters. The van der Waals surface area contributed by atoms with Crippen molar-refractivity contribution in [3.8, 4) is 5.75 Å². The van der Waals surface area contributed by atoms with Gasteiger partial charge in [0.25, 0.3) is 0 Å². The highest BCUT2D eigenvalue weighted by molar-refractivity contribution is 6.04. The van der Waals surface area contributed by atoms with Crippen LogP contribution in [-0.4, -0.2) is 49.6 Å². The first-order valence-electron chi connectivity index (χ1n) is 7.06. The first kappa shape index (κ1) is 14.4. The van der Waals surface area contributed by atoms with Crippen LogP contribution in [0.1, 0.15) is 0 Å². The van der Waals surface area contributed by atoms with Crippen LogP contribution >= 0.6 is 0 Å². The van der Waals surface area contributed by atoms with E-state index in [4.69, 9.17) is 9.84 Å². The van der Waals surface area contributed by atoms with Gasteiger partial charge in [-0.05, 0) is 24.3 Å². The fourth-order valence-corrected chi connectivity index (χ4v) is 2.51. The van der Waals surface area contributed by atoms with Gasteiger partial charge in [0.15, 0.2) is 0 Å². The molecule has 4 N–H and O–H groups in total. The van der Waals surface area contributed by atoms with Crippen LogP contribution in [0.15, 0.2) is 40.7 Å². The third-order valence-electron chi connectivity index (χ3n) is 3.65. The van der Waals surface area contributed by atoms with E-state index in [1.165, 1.54) is 0 Å². The van der Waals surface area contributed by atoms with Crippen molar-refractivity contribution in [1.82, 2.24) is 16.0 Å². The smallest absolute Gasteiger partial charge is 0.327 e. The Balaban J connectivity index is 1.85. The number of ether oxygens (including phenoxy) is 1. The van der Waals surface area contributed by atoms with Crippen molar-refractivity contribution in [1.29, 1.82) is 0 Å². The first-order valence-corrected chi connectivity index (χ1v) is 7.06. The van der Waals surface area contributed by atoms with Crippen molar-refractivity contribution >= 4 is 17.4 Å². The van der Waals surface area contributed by atoms with Gasteiger partial charge in [0.05, 0.1) is 29.9 Å². The highest BCUT2D eigenvalue weighted by atomic mass is 16.5. The summed E-state index contributed by atoms with van der Waals surface area (Å²) in [5.74, 6) is -0.0781. The Morgan fingerprint density at radius 2 is 2.09 bits per heavy atom. The summed E-state index contributed by atoms with van der Waals surface area (Å²) in [4.78, 5) is 15.7. The molecule has 2 aliphatic heterocycles. The van der Waals surface area contributed by atoms with E-state index >= 15 is 0 Å². The summed E-state index contributed by atoms with van der Waals surface area (Å²) in [5.41, 5.74) is 3.43. The maximum atomic E-state index is 11.1. The van der Waals surface area contributed by atoms with E-state index < -0.39 is 12.0 Å². The molecule has 0 fully saturated rings. The Kier molecular flexibility index (Phi) is 3.97. The van der Waals surface area contributed by atoms with Crippen molar-refractivity contribution in [2.24, 2.45) is 4.99 Å². The predicted octanol–water partition coefficient (Wildman–Crippen LogP) is 0.229. The molecule has 0 aliphatic carbocycles. The van der Waals surface area contributed by atoms with Crippen LogP contribution < -0.4 is 20.7 Å². The highest BCUT2D eigenvalue weighted by Crippen LogP contribution is 2.20. The van der Waals surface area contributed by atoms with E-state index in [0.29, 0.717) is 19.6 Å². The molecule has 1 aromatic rings. The highest BCUT2D eigenvalue weighted by Gasteiger charge is 2.28. The molecule has 0 saturated carbocycles. The van der Waals surface area contributed by atoms with Crippen LogP contribution in [0.3, 0.4) is 0 Å². The van der Waals surface area contributed by atoms with Crippen molar-refractivity contribution in [2.45, 2.75) is 6.04 Å². The third-order valence-corrected chi connectivity index (χ3v) is 3.65. The van der Waals surface area contributed by atoms with Crippen LogP contribution in [0.4, 0.5) is 5.69 Å². The fraction of sp³-hybridized carbons (Fsp3) is 0.333. The van der Waals surface area contributed by atoms with Gasteiger partial charge in [-0.15, -0.1) is 0 Å². The molecule has 116 valence electrons. The maximum absolute atomic E-state index is 11.1. The number of carboxylic acid groups (broad SMARTS) is 1. The number of methoxy groups -OCH3 is 1. The zero-order chi connectivity index (χ0) is 15.5. The summed E-state index contributed by atoms with van der Waals surface area (Å²) in [5, 5.41) is 18.5. The number of nitrogens with one attached hydrogen (secondary N) is 3. The molecule has 7 heteroatoms. The summed E-state index contributed by atoms with van der Waals surface area (Å²) < 4.78 is 5.13. The average molecular weight is 302 g/mol. The van der Waals surface area contributed by atoms with Crippen LogP contribution in [0.5, 0.6) is 5.75 Å². The minimum absolute atomic E-state index is 0.343. The standard InChI is InChI=1S/C15H18N4O3/c1-22-10-4-2-9(3-5-10)18-11-6-16-7-12-14(11)17-8-13(19-12)15(20)21/h2-5,13,16-17,19H,6-8H2,1H3,(H,20,21)/b18-11+. The van der Waals surface area contributed by atoms with Gasteiger partial charge in [0, 0.05) is 19.6 Å². The number of carbonyl (C=O) groups is 1. The molecule has 22 heavy (non-hydrogen) atoms. The molecule has 7 nitrogen and oxygen atoms in total. The second-order valence-corrected chi connectivity index (χ2v) is 5.13. The molecule has 3 rings (SSSR count). The van der Waals surface area contributed by atoms with Gasteiger partial charge in [-0.25, -0.2) is 9.79 Å². The molecular weight excluding hydrogens is 284 g/mol. The number of aliphatic imine (C=N–C) groups is 1. The summed E-state index contributed by atoms with van der Waals surface area (Å²) in [6.45, 7) is 1.58. The largest absolute Gasteiger partial charge is 0.497 e. The normalized spacial score (nSPS) is 22.6. The minimum Gasteiger partial charge on any atom is -0.497 e. The van der Waals surface area contributed by atoms with E-state index in [1.807, 2.05) is 24.3 Å². The molecule has 1 unspecified atom stereocenters. The number of carboxylic acids is 1. The predicted molar refractivity (Wildman–Crippen MR) is 82.5 cm³/mol. The molecule has 0 spiro atoms. The Morgan fingerprint density at radius 1 is 1.32 bits per heavy atom. The van der Waals surface area contributed by atoms with E-state index in [-0.39, 0.29) is 0 Å². The molecule has 2 heterocycles. The van der Waals surface area contributed by atoms with Gasteiger partial charge in [0.2, 0.25) is 0 Å². The van der Waals surface area contributed by atoms with E-state index in [2.05, 4.69) is 20.9 Å². The maximum Gasteiger partial charge on any atom is 0.327 e. The summed E-state index contributed by atoms with van der Waals surface area (Å²) in [6, 6.07) is 6.88. The molecular formula is C15H18N4O3. The lowest BCUT2D eigenvalue weighted by Crippen LogP contribution is -2.55.